The molecule has 18 heavy (non-hydrogen) atoms. The Balaban J connectivity index is 2.00. The lowest BCUT2D eigenvalue weighted by atomic mass is 10.0. The average molecular weight is 241 g/mol. The third-order valence-electron chi connectivity index (χ3n) is 2.92. The molecule has 0 fully saturated rings. The molecule has 0 saturated carbocycles. The quantitative estimate of drug-likeness (QED) is 0.865. The third-order valence-corrected chi connectivity index (χ3v) is 2.92. The van der Waals surface area contributed by atoms with E-state index in [-0.39, 0.29) is 6.04 Å². The Bertz CT molecular complexity index is 464. The van der Waals surface area contributed by atoms with Gasteiger partial charge in [-0.05, 0) is 42.7 Å². The number of benzene rings is 2. The molecule has 0 aliphatic rings. The lowest BCUT2D eigenvalue weighted by Gasteiger charge is -2.10. The molecule has 0 aliphatic carbocycles. The van der Waals surface area contributed by atoms with Crippen molar-refractivity contribution in [3.8, 4) is 11.5 Å². The van der Waals surface area contributed by atoms with Gasteiger partial charge in [-0.3, -0.25) is 0 Å². The number of hydrogen-bond acceptors (Lipinski definition) is 2. The number of para-hydroxylation sites is 1. The third kappa shape index (κ3) is 3.60. The standard InChI is InChI=1S/C16H19NO/c1-2-14(17)12-13-8-10-16(11-9-13)18-15-6-4-3-5-7-15/h3-11,14H,2,12,17H2,1H3. The van der Waals surface area contributed by atoms with Gasteiger partial charge in [-0.1, -0.05) is 37.3 Å². The number of rotatable bonds is 5. The van der Waals surface area contributed by atoms with Crippen LogP contribution >= 0.6 is 0 Å². The first-order valence-electron chi connectivity index (χ1n) is 6.35. The molecule has 0 radical (unpaired) electrons. The van der Waals surface area contributed by atoms with E-state index in [2.05, 4.69) is 19.1 Å². The van der Waals surface area contributed by atoms with Crippen molar-refractivity contribution in [3.63, 3.8) is 0 Å². The van der Waals surface area contributed by atoms with Crippen molar-refractivity contribution < 1.29 is 4.74 Å². The molecule has 0 aromatic heterocycles. The van der Waals surface area contributed by atoms with E-state index in [1.807, 2.05) is 42.5 Å². The summed E-state index contributed by atoms with van der Waals surface area (Å²) in [5.74, 6) is 1.71. The fourth-order valence-corrected chi connectivity index (χ4v) is 1.77. The van der Waals surface area contributed by atoms with Gasteiger partial charge >= 0.3 is 0 Å². The molecule has 2 aromatic carbocycles. The Hall–Kier alpha value is -1.80. The zero-order valence-corrected chi connectivity index (χ0v) is 10.7. The summed E-state index contributed by atoms with van der Waals surface area (Å²) in [6.45, 7) is 2.11. The predicted octanol–water partition coefficient (Wildman–Crippen LogP) is 3.76. The van der Waals surface area contributed by atoms with Crippen LogP contribution < -0.4 is 10.5 Å². The Labute approximate surface area is 108 Å². The topological polar surface area (TPSA) is 35.2 Å². The summed E-state index contributed by atoms with van der Waals surface area (Å²) in [6, 6.07) is 18.2. The second kappa shape index (κ2) is 6.22. The summed E-state index contributed by atoms with van der Waals surface area (Å²) in [5, 5.41) is 0. The van der Waals surface area contributed by atoms with Crippen LogP contribution in [0.2, 0.25) is 0 Å². The highest BCUT2D eigenvalue weighted by Gasteiger charge is 2.02. The van der Waals surface area contributed by atoms with Crippen LogP contribution in [0.3, 0.4) is 0 Å². The van der Waals surface area contributed by atoms with Gasteiger partial charge in [0.1, 0.15) is 11.5 Å². The summed E-state index contributed by atoms with van der Waals surface area (Å²) in [7, 11) is 0. The van der Waals surface area contributed by atoms with Crippen LogP contribution in [0.1, 0.15) is 18.9 Å². The van der Waals surface area contributed by atoms with Gasteiger partial charge in [-0.25, -0.2) is 0 Å². The fourth-order valence-electron chi connectivity index (χ4n) is 1.77. The van der Waals surface area contributed by atoms with Crippen molar-refractivity contribution >= 4 is 0 Å². The number of hydrogen-bond donors (Lipinski definition) is 1. The molecule has 94 valence electrons. The van der Waals surface area contributed by atoms with E-state index in [9.17, 15) is 0 Å². The minimum atomic E-state index is 0.242. The predicted molar refractivity (Wildman–Crippen MR) is 74.9 cm³/mol. The monoisotopic (exact) mass is 241 g/mol. The minimum absolute atomic E-state index is 0.242. The summed E-state index contributed by atoms with van der Waals surface area (Å²) >= 11 is 0. The highest BCUT2D eigenvalue weighted by Crippen LogP contribution is 2.21. The van der Waals surface area contributed by atoms with Gasteiger partial charge < -0.3 is 10.5 Å². The van der Waals surface area contributed by atoms with Gasteiger partial charge in [0.2, 0.25) is 0 Å². The van der Waals surface area contributed by atoms with Crippen LogP contribution in [-0.4, -0.2) is 6.04 Å². The zero-order chi connectivity index (χ0) is 12.8. The van der Waals surface area contributed by atoms with Crippen LogP contribution in [0.15, 0.2) is 54.6 Å². The Kier molecular flexibility index (Phi) is 4.37. The molecule has 2 aromatic rings. The molecule has 0 heterocycles. The minimum Gasteiger partial charge on any atom is -0.457 e. The first kappa shape index (κ1) is 12.7. The van der Waals surface area contributed by atoms with Gasteiger partial charge in [0.15, 0.2) is 0 Å². The van der Waals surface area contributed by atoms with Crippen LogP contribution in [-0.2, 0) is 6.42 Å². The van der Waals surface area contributed by atoms with E-state index >= 15 is 0 Å². The molecule has 0 spiro atoms. The van der Waals surface area contributed by atoms with Crippen LogP contribution in [0.5, 0.6) is 11.5 Å². The first-order chi connectivity index (χ1) is 8.78. The van der Waals surface area contributed by atoms with Gasteiger partial charge in [-0.2, -0.15) is 0 Å². The summed E-state index contributed by atoms with van der Waals surface area (Å²) in [5.41, 5.74) is 7.19. The number of nitrogens with two attached hydrogens (primary N) is 1. The molecule has 1 atom stereocenters. The van der Waals surface area contributed by atoms with E-state index in [0.717, 1.165) is 24.3 Å². The van der Waals surface area contributed by atoms with Crippen molar-refractivity contribution in [1.82, 2.24) is 0 Å². The highest BCUT2D eigenvalue weighted by atomic mass is 16.5. The van der Waals surface area contributed by atoms with Crippen molar-refractivity contribution in [2.45, 2.75) is 25.8 Å². The molecule has 0 amide bonds. The van der Waals surface area contributed by atoms with E-state index < -0.39 is 0 Å². The molecule has 0 aliphatic heterocycles. The zero-order valence-electron chi connectivity index (χ0n) is 10.7. The van der Waals surface area contributed by atoms with Crippen molar-refractivity contribution in [2.75, 3.05) is 0 Å². The lowest BCUT2D eigenvalue weighted by molar-refractivity contribution is 0.482. The molecule has 2 rings (SSSR count). The van der Waals surface area contributed by atoms with Crippen molar-refractivity contribution in [3.05, 3.63) is 60.2 Å². The fraction of sp³-hybridized carbons (Fsp3) is 0.250. The van der Waals surface area contributed by atoms with Gasteiger partial charge in [-0.15, -0.1) is 0 Å². The second-order valence-electron chi connectivity index (χ2n) is 4.43. The maximum atomic E-state index is 5.94. The Morgan fingerprint density at radius 3 is 2.17 bits per heavy atom. The van der Waals surface area contributed by atoms with E-state index in [1.54, 1.807) is 0 Å². The summed E-state index contributed by atoms with van der Waals surface area (Å²) in [6.07, 6.45) is 1.92. The van der Waals surface area contributed by atoms with Gasteiger partial charge in [0.05, 0.1) is 0 Å². The normalized spacial score (nSPS) is 12.1. The molecule has 2 heteroatoms. The first-order valence-corrected chi connectivity index (χ1v) is 6.35. The molecular weight excluding hydrogens is 222 g/mol. The van der Waals surface area contributed by atoms with E-state index in [1.165, 1.54) is 5.56 Å². The van der Waals surface area contributed by atoms with Crippen molar-refractivity contribution in [1.29, 1.82) is 0 Å². The largest absolute Gasteiger partial charge is 0.457 e. The summed E-state index contributed by atoms with van der Waals surface area (Å²) < 4.78 is 5.73. The Morgan fingerprint density at radius 1 is 0.944 bits per heavy atom. The average Bonchev–Trinajstić information content (AvgIpc) is 2.42. The smallest absolute Gasteiger partial charge is 0.127 e. The molecule has 0 bridgehead atoms. The Morgan fingerprint density at radius 2 is 1.56 bits per heavy atom. The lowest BCUT2D eigenvalue weighted by Crippen LogP contribution is -2.21. The SMILES string of the molecule is CCC(N)Cc1ccc(Oc2ccccc2)cc1. The van der Waals surface area contributed by atoms with Gasteiger partial charge in [0.25, 0.3) is 0 Å². The van der Waals surface area contributed by atoms with E-state index in [4.69, 9.17) is 10.5 Å². The van der Waals surface area contributed by atoms with E-state index in [0.29, 0.717) is 0 Å². The molecule has 1 unspecified atom stereocenters. The van der Waals surface area contributed by atoms with Gasteiger partial charge in [0, 0.05) is 6.04 Å². The van der Waals surface area contributed by atoms with Crippen LogP contribution in [0, 0.1) is 0 Å². The highest BCUT2D eigenvalue weighted by molar-refractivity contribution is 5.33. The molecule has 0 saturated heterocycles. The second-order valence-corrected chi connectivity index (χ2v) is 4.43. The molecule has 2 N–H and O–H groups in total. The molecule has 2 nitrogen and oxygen atoms in total. The molecular formula is C16H19NO. The maximum Gasteiger partial charge on any atom is 0.127 e. The maximum absolute atomic E-state index is 5.94. The summed E-state index contributed by atoms with van der Waals surface area (Å²) in [4.78, 5) is 0. The number of ether oxygens (including phenoxy) is 1. The van der Waals surface area contributed by atoms with Crippen molar-refractivity contribution in [2.24, 2.45) is 5.73 Å². The van der Waals surface area contributed by atoms with Crippen LogP contribution in [0.4, 0.5) is 0 Å². The van der Waals surface area contributed by atoms with Crippen LogP contribution in [0.25, 0.3) is 0 Å².